The molecule has 0 atom stereocenters. The van der Waals surface area contributed by atoms with Gasteiger partial charge in [-0.3, -0.25) is 9.52 Å². The van der Waals surface area contributed by atoms with E-state index in [9.17, 15) is 17.6 Å². The quantitative estimate of drug-likeness (QED) is 0.352. The lowest BCUT2D eigenvalue weighted by Crippen LogP contribution is -2.13. The van der Waals surface area contributed by atoms with Gasteiger partial charge in [0.1, 0.15) is 23.6 Å². The number of nitrogens with zero attached hydrogens (tertiary/aromatic N) is 3. The van der Waals surface area contributed by atoms with Crippen LogP contribution in [-0.2, 0) is 10.0 Å². The van der Waals surface area contributed by atoms with Crippen molar-refractivity contribution in [1.82, 2.24) is 14.5 Å². The Hall–Kier alpha value is -3.50. The molecule has 5 rings (SSSR count). The molecule has 0 saturated heterocycles. The number of sulfonamides is 1. The monoisotopic (exact) mass is 513 g/mol. The van der Waals surface area contributed by atoms with E-state index in [1.165, 1.54) is 18.5 Å². The summed E-state index contributed by atoms with van der Waals surface area (Å²) in [5.74, 6) is -0.850. The van der Waals surface area contributed by atoms with Gasteiger partial charge in [0.15, 0.2) is 5.78 Å². The number of carbonyl (C=O) groups excluding carboxylic acids is 1. The van der Waals surface area contributed by atoms with Crippen LogP contribution in [0.4, 0.5) is 15.9 Å². The molecule has 0 aliphatic heterocycles. The Labute approximate surface area is 206 Å². The number of halogens is 2. The van der Waals surface area contributed by atoms with E-state index in [1.807, 2.05) is 4.57 Å². The number of anilines is 2. The molecular formula is C24H21ClFN5O3S. The molecule has 1 fully saturated rings. The van der Waals surface area contributed by atoms with Crippen LogP contribution in [0.2, 0.25) is 5.02 Å². The van der Waals surface area contributed by atoms with Gasteiger partial charge in [-0.05, 0) is 43.2 Å². The standard InChI is InChI=1S/C24H21ClFN5O3S/c25-19-11-17(8-9-20(19)26)35(33,34)30-15-5-3-4-14(10-15)22(32)18-12-31(16-6-1-2-7-16)24-21(18)23(27)28-13-29-24/h3-5,8-13,16,30H,1-2,6-7H2,(H2,27,28,29). The Bertz CT molecular complexity index is 1560. The zero-order valence-corrected chi connectivity index (χ0v) is 20.0. The summed E-state index contributed by atoms with van der Waals surface area (Å²) in [6.07, 6.45) is 7.35. The van der Waals surface area contributed by atoms with Crippen molar-refractivity contribution in [2.75, 3.05) is 10.5 Å². The molecule has 2 aromatic heterocycles. The first kappa shape index (κ1) is 23.3. The number of nitrogen functional groups attached to an aromatic ring is 1. The Morgan fingerprint density at radius 2 is 1.91 bits per heavy atom. The van der Waals surface area contributed by atoms with Crippen LogP contribution in [0.25, 0.3) is 11.0 Å². The summed E-state index contributed by atoms with van der Waals surface area (Å²) in [6.45, 7) is 0. The summed E-state index contributed by atoms with van der Waals surface area (Å²) < 4.78 is 43.4. The Kier molecular flexibility index (Phi) is 5.94. The first-order chi connectivity index (χ1) is 16.7. The zero-order chi connectivity index (χ0) is 24.7. The second kappa shape index (κ2) is 8.94. The van der Waals surface area contributed by atoms with Crippen LogP contribution in [-0.4, -0.2) is 28.7 Å². The Balaban J connectivity index is 1.50. The van der Waals surface area contributed by atoms with E-state index in [2.05, 4.69) is 14.7 Å². The number of benzene rings is 2. The average molecular weight is 514 g/mol. The lowest BCUT2D eigenvalue weighted by molar-refractivity contribution is 0.104. The summed E-state index contributed by atoms with van der Waals surface area (Å²) in [5, 5.41) is 0.173. The molecule has 180 valence electrons. The summed E-state index contributed by atoms with van der Waals surface area (Å²) in [4.78, 5) is 21.8. The predicted octanol–water partition coefficient (Wildman–Crippen LogP) is 4.95. The van der Waals surface area contributed by atoms with E-state index in [0.717, 1.165) is 43.9 Å². The van der Waals surface area contributed by atoms with E-state index in [1.54, 1.807) is 18.3 Å². The molecular weight excluding hydrogens is 493 g/mol. The lowest BCUT2D eigenvalue weighted by Gasteiger charge is -2.12. The number of hydrogen-bond donors (Lipinski definition) is 2. The number of carbonyl (C=O) groups is 1. The molecule has 11 heteroatoms. The number of aromatic nitrogens is 3. The van der Waals surface area contributed by atoms with Crippen LogP contribution in [0.1, 0.15) is 47.6 Å². The van der Waals surface area contributed by atoms with Gasteiger partial charge in [0.05, 0.1) is 20.9 Å². The van der Waals surface area contributed by atoms with E-state index < -0.39 is 15.8 Å². The number of rotatable bonds is 6. The molecule has 4 aromatic rings. The van der Waals surface area contributed by atoms with Gasteiger partial charge in [-0.15, -0.1) is 0 Å². The van der Waals surface area contributed by atoms with Crippen molar-refractivity contribution in [2.24, 2.45) is 0 Å². The van der Waals surface area contributed by atoms with Gasteiger partial charge in [-0.1, -0.05) is 36.6 Å². The summed E-state index contributed by atoms with van der Waals surface area (Å²) >= 11 is 5.73. The third kappa shape index (κ3) is 4.35. The van der Waals surface area contributed by atoms with Crippen molar-refractivity contribution >= 4 is 49.9 Å². The van der Waals surface area contributed by atoms with Crippen LogP contribution < -0.4 is 10.5 Å². The second-order valence-electron chi connectivity index (χ2n) is 8.44. The van der Waals surface area contributed by atoms with Crippen molar-refractivity contribution < 1.29 is 17.6 Å². The Morgan fingerprint density at radius 3 is 2.66 bits per heavy atom. The molecule has 1 aliphatic carbocycles. The van der Waals surface area contributed by atoms with E-state index in [0.29, 0.717) is 16.6 Å². The fraction of sp³-hybridized carbons (Fsp3) is 0.208. The van der Waals surface area contributed by atoms with Crippen LogP contribution in [0.5, 0.6) is 0 Å². The predicted molar refractivity (Wildman–Crippen MR) is 132 cm³/mol. The fourth-order valence-electron chi connectivity index (χ4n) is 4.48. The SMILES string of the molecule is Nc1ncnc2c1c(C(=O)c1cccc(NS(=O)(=O)c3ccc(F)c(Cl)c3)c1)cn2C1CCCC1. The van der Waals surface area contributed by atoms with Gasteiger partial charge in [0, 0.05) is 23.5 Å². The number of hydrogen-bond acceptors (Lipinski definition) is 6. The van der Waals surface area contributed by atoms with Crippen molar-refractivity contribution in [3.05, 3.63) is 77.0 Å². The molecule has 0 radical (unpaired) electrons. The third-order valence-corrected chi connectivity index (χ3v) is 7.85. The highest BCUT2D eigenvalue weighted by Gasteiger charge is 2.26. The Morgan fingerprint density at radius 1 is 1.14 bits per heavy atom. The average Bonchev–Trinajstić information content (AvgIpc) is 3.49. The molecule has 1 saturated carbocycles. The highest BCUT2D eigenvalue weighted by atomic mass is 35.5. The van der Waals surface area contributed by atoms with E-state index in [-0.39, 0.29) is 38.8 Å². The molecule has 2 aromatic carbocycles. The van der Waals surface area contributed by atoms with Crippen LogP contribution in [0, 0.1) is 5.82 Å². The fourth-order valence-corrected chi connectivity index (χ4v) is 5.80. The van der Waals surface area contributed by atoms with Gasteiger partial charge in [0.2, 0.25) is 0 Å². The van der Waals surface area contributed by atoms with Gasteiger partial charge in [-0.25, -0.2) is 22.8 Å². The molecule has 3 N–H and O–H groups in total. The number of nitrogens with two attached hydrogens (primary N) is 1. The smallest absolute Gasteiger partial charge is 0.261 e. The molecule has 8 nitrogen and oxygen atoms in total. The summed E-state index contributed by atoms with van der Waals surface area (Å²) in [6, 6.07) is 9.45. The van der Waals surface area contributed by atoms with Crippen LogP contribution in [0.15, 0.2) is 59.9 Å². The van der Waals surface area contributed by atoms with E-state index in [4.69, 9.17) is 17.3 Å². The first-order valence-corrected chi connectivity index (χ1v) is 12.8. The zero-order valence-electron chi connectivity index (χ0n) is 18.4. The minimum Gasteiger partial charge on any atom is -0.383 e. The minimum absolute atomic E-state index is 0.167. The van der Waals surface area contributed by atoms with Crippen molar-refractivity contribution in [3.8, 4) is 0 Å². The van der Waals surface area contributed by atoms with Gasteiger partial charge >= 0.3 is 0 Å². The molecule has 0 bridgehead atoms. The van der Waals surface area contributed by atoms with Crippen LogP contribution in [0.3, 0.4) is 0 Å². The molecule has 0 spiro atoms. The second-order valence-corrected chi connectivity index (χ2v) is 10.5. The third-order valence-electron chi connectivity index (χ3n) is 6.18. The molecule has 0 unspecified atom stereocenters. The van der Waals surface area contributed by atoms with Crippen molar-refractivity contribution in [2.45, 2.75) is 36.6 Å². The maximum atomic E-state index is 13.5. The normalized spacial score (nSPS) is 14.5. The molecule has 0 amide bonds. The highest BCUT2D eigenvalue weighted by molar-refractivity contribution is 7.92. The van der Waals surface area contributed by atoms with E-state index >= 15 is 0 Å². The summed E-state index contributed by atoms with van der Waals surface area (Å²) in [5.41, 5.74) is 7.53. The van der Waals surface area contributed by atoms with Gasteiger partial charge in [-0.2, -0.15) is 0 Å². The maximum absolute atomic E-state index is 13.5. The van der Waals surface area contributed by atoms with Gasteiger partial charge < -0.3 is 10.3 Å². The number of fused-ring (bicyclic) bond motifs is 1. The van der Waals surface area contributed by atoms with Crippen LogP contribution >= 0.6 is 11.6 Å². The first-order valence-electron chi connectivity index (χ1n) is 11.0. The van der Waals surface area contributed by atoms with Crippen molar-refractivity contribution in [1.29, 1.82) is 0 Å². The molecule has 1 aliphatic rings. The minimum atomic E-state index is -4.06. The molecule has 2 heterocycles. The molecule has 35 heavy (non-hydrogen) atoms. The highest BCUT2D eigenvalue weighted by Crippen LogP contribution is 2.35. The largest absolute Gasteiger partial charge is 0.383 e. The van der Waals surface area contributed by atoms with Crippen molar-refractivity contribution in [3.63, 3.8) is 0 Å². The van der Waals surface area contributed by atoms with Gasteiger partial charge in [0.25, 0.3) is 10.0 Å². The lowest BCUT2D eigenvalue weighted by atomic mass is 10.0. The maximum Gasteiger partial charge on any atom is 0.261 e. The summed E-state index contributed by atoms with van der Waals surface area (Å²) in [7, 11) is -4.06. The number of ketones is 1. The number of nitrogens with one attached hydrogen (secondary N) is 1. The topological polar surface area (TPSA) is 120 Å².